The summed E-state index contributed by atoms with van der Waals surface area (Å²) in [5, 5.41) is 0. The lowest BCUT2D eigenvalue weighted by atomic mass is 9.81. The Labute approximate surface area is 129 Å². The van der Waals surface area contributed by atoms with E-state index in [0.29, 0.717) is 5.92 Å². The van der Waals surface area contributed by atoms with Crippen molar-refractivity contribution in [3.63, 3.8) is 0 Å². The summed E-state index contributed by atoms with van der Waals surface area (Å²) in [5.41, 5.74) is 4.59. The molecular weight excluding hydrogens is 288 g/mol. The first kappa shape index (κ1) is 14.9. The number of nitrogens with two attached hydrogens (primary N) is 1. The summed E-state index contributed by atoms with van der Waals surface area (Å²) in [4.78, 5) is 2.79. The van der Waals surface area contributed by atoms with Gasteiger partial charge in [-0.25, -0.2) is 0 Å². The average molecular weight is 313 g/mol. The minimum atomic E-state index is 0.129. The monoisotopic (exact) mass is 312 g/mol. The van der Waals surface area contributed by atoms with Gasteiger partial charge in [0, 0.05) is 22.1 Å². The van der Waals surface area contributed by atoms with E-state index in [1.807, 2.05) is 23.1 Å². The van der Waals surface area contributed by atoms with Crippen LogP contribution in [0.5, 0.6) is 0 Å². The van der Waals surface area contributed by atoms with Crippen LogP contribution >= 0.6 is 23.1 Å². The molecule has 1 spiro atoms. The van der Waals surface area contributed by atoms with Crippen molar-refractivity contribution in [2.45, 2.75) is 44.8 Å². The lowest BCUT2D eigenvalue weighted by molar-refractivity contribution is -0.0852. The van der Waals surface area contributed by atoms with Gasteiger partial charge >= 0.3 is 0 Å². The zero-order valence-corrected chi connectivity index (χ0v) is 13.9. The molecule has 3 rings (SSSR count). The van der Waals surface area contributed by atoms with E-state index in [2.05, 4.69) is 25.3 Å². The van der Waals surface area contributed by atoms with Crippen molar-refractivity contribution >= 4 is 23.1 Å². The maximum atomic E-state index is 6.13. The molecule has 0 radical (unpaired) electrons. The first-order chi connectivity index (χ1) is 9.63. The molecule has 5 heteroatoms. The van der Waals surface area contributed by atoms with Gasteiger partial charge < -0.3 is 4.74 Å². The molecule has 3 atom stereocenters. The first-order valence-electron chi connectivity index (χ1n) is 7.38. The van der Waals surface area contributed by atoms with E-state index in [4.69, 9.17) is 10.6 Å². The van der Waals surface area contributed by atoms with Crippen LogP contribution in [0.15, 0.2) is 6.07 Å². The van der Waals surface area contributed by atoms with Crippen molar-refractivity contribution in [2.24, 2.45) is 11.8 Å². The van der Waals surface area contributed by atoms with E-state index in [-0.39, 0.29) is 11.6 Å². The lowest BCUT2D eigenvalue weighted by Crippen LogP contribution is -2.44. The molecule has 3 heterocycles. The Morgan fingerprint density at radius 2 is 2.35 bits per heavy atom. The fraction of sp³-hybridized carbons (Fsp3) is 0.733. The molecule has 2 aliphatic rings. The molecule has 0 aliphatic carbocycles. The molecule has 3 nitrogen and oxygen atoms in total. The third-order valence-corrected chi connectivity index (χ3v) is 7.20. The molecule has 3 unspecified atom stereocenters. The summed E-state index contributed by atoms with van der Waals surface area (Å²) in [6.45, 7) is 5.25. The largest absolute Gasteiger partial charge is 0.374 e. The van der Waals surface area contributed by atoms with Crippen LogP contribution in [0.1, 0.15) is 40.6 Å². The highest BCUT2D eigenvalue weighted by Gasteiger charge is 2.42. The van der Waals surface area contributed by atoms with Crippen molar-refractivity contribution in [3.05, 3.63) is 21.4 Å². The summed E-state index contributed by atoms with van der Waals surface area (Å²) >= 11 is 3.91. The molecule has 2 aliphatic heterocycles. The summed E-state index contributed by atoms with van der Waals surface area (Å²) in [6.07, 6.45) is 3.45. The minimum absolute atomic E-state index is 0.129. The van der Waals surface area contributed by atoms with Crippen LogP contribution < -0.4 is 11.3 Å². The molecule has 0 aromatic carbocycles. The van der Waals surface area contributed by atoms with Gasteiger partial charge in [-0.3, -0.25) is 11.3 Å². The van der Waals surface area contributed by atoms with Crippen LogP contribution in [0.4, 0.5) is 0 Å². The number of hydrogen-bond donors (Lipinski definition) is 2. The number of hydrogen-bond acceptors (Lipinski definition) is 5. The molecule has 0 bridgehead atoms. The van der Waals surface area contributed by atoms with Crippen LogP contribution in [0, 0.1) is 19.8 Å². The number of hydrazine groups is 1. The highest BCUT2D eigenvalue weighted by atomic mass is 32.2. The van der Waals surface area contributed by atoms with E-state index >= 15 is 0 Å². The fourth-order valence-corrected chi connectivity index (χ4v) is 5.99. The van der Waals surface area contributed by atoms with Crippen molar-refractivity contribution in [1.82, 2.24) is 5.43 Å². The fourth-order valence-electron chi connectivity index (χ4n) is 3.42. The van der Waals surface area contributed by atoms with Crippen molar-refractivity contribution in [1.29, 1.82) is 0 Å². The second-order valence-corrected chi connectivity index (χ2v) is 8.51. The van der Waals surface area contributed by atoms with E-state index < -0.39 is 0 Å². The molecule has 2 saturated heterocycles. The topological polar surface area (TPSA) is 47.3 Å². The third kappa shape index (κ3) is 2.79. The highest BCUT2D eigenvalue weighted by Crippen LogP contribution is 2.44. The van der Waals surface area contributed by atoms with E-state index in [0.717, 1.165) is 25.2 Å². The Balaban J connectivity index is 1.78. The van der Waals surface area contributed by atoms with Gasteiger partial charge in [-0.15, -0.1) is 11.3 Å². The second-order valence-electron chi connectivity index (χ2n) is 6.12. The number of thioether (sulfide) groups is 1. The molecule has 0 amide bonds. The predicted molar refractivity (Wildman–Crippen MR) is 87.2 cm³/mol. The Morgan fingerprint density at radius 3 is 2.95 bits per heavy atom. The number of thiophene rings is 1. The average Bonchev–Trinajstić information content (AvgIpc) is 2.99. The molecule has 2 fully saturated rings. The first-order valence-corrected chi connectivity index (χ1v) is 9.35. The predicted octanol–water partition coefficient (Wildman–Crippen LogP) is 3.17. The molecule has 1 aromatic rings. The highest BCUT2D eigenvalue weighted by molar-refractivity contribution is 7.99. The summed E-state index contributed by atoms with van der Waals surface area (Å²) < 4.78 is 6.13. The molecular formula is C15H24N2OS2. The van der Waals surface area contributed by atoms with Gasteiger partial charge in [0.05, 0.1) is 11.6 Å². The summed E-state index contributed by atoms with van der Waals surface area (Å²) in [7, 11) is 0. The number of aryl methyl sites for hydroxylation is 2. The summed E-state index contributed by atoms with van der Waals surface area (Å²) in [6, 6.07) is 2.58. The zero-order valence-electron chi connectivity index (χ0n) is 12.3. The Bertz CT molecular complexity index is 449. The van der Waals surface area contributed by atoms with Crippen LogP contribution in [-0.4, -0.2) is 23.7 Å². The van der Waals surface area contributed by atoms with Crippen LogP contribution in [0.3, 0.4) is 0 Å². The number of ether oxygens (including phenoxy) is 1. The Kier molecular flexibility index (Phi) is 4.43. The quantitative estimate of drug-likeness (QED) is 0.665. The van der Waals surface area contributed by atoms with Crippen molar-refractivity contribution < 1.29 is 4.74 Å². The van der Waals surface area contributed by atoms with Gasteiger partial charge in [-0.2, -0.15) is 11.8 Å². The maximum absolute atomic E-state index is 6.13. The van der Waals surface area contributed by atoms with Crippen LogP contribution in [-0.2, 0) is 4.74 Å². The minimum Gasteiger partial charge on any atom is -0.374 e. The molecule has 112 valence electrons. The summed E-state index contributed by atoms with van der Waals surface area (Å²) in [5.74, 6) is 8.88. The number of nitrogens with one attached hydrogen (secondary N) is 1. The van der Waals surface area contributed by atoms with Crippen molar-refractivity contribution in [3.8, 4) is 0 Å². The van der Waals surface area contributed by atoms with Crippen LogP contribution in [0.25, 0.3) is 0 Å². The number of rotatable bonds is 3. The standard InChI is InChI=1S/C15H24N2OS2/c1-10-7-13(20-11(10)2)14(17-16)12-3-5-18-15(8-12)4-6-19-9-15/h7,12,14,17H,3-6,8-9,16H2,1-2H3. The van der Waals surface area contributed by atoms with E-state index in [1.54, 1.807) is 0 Å². The van der Waals surface area contributed by atoms with Crippen LogP contribution in [0.2, 0.25) is 0 Å². The molecule has 3 N–H and O–H groups in total. The Morgan fingerprint density at radius 1 is 1.50 bits per heavy atom. The lowest BCUT2D eigenvalue weighted by Gasteiger charge is -2.40. The zero-order chi connectivity index (χ0) is 14.2. The second kappa shape index (κ2) is 5.97. The van der Waals surface area contributed by atoms with E-state index in [9.17, 15) is 0 Å². The van der Waals surface area contributed by atoms with Gasteiger partial charge in [0.25, 0.3) is 0 Å². The van der Waals surface area contributed by atoms with Gasteiger partial charge in [-0.1, -0.05) is 0 Å². The van der Waals surface area contributed by atoms with Gasteiger partial charge in [0.1, 0.15) is 0 Å². The third-order valence-electron chi connectivity index (χ3n) is 4.74. The molecule has 1 aromatic heterocycles. The molecule has 0 saturated carbocycles. The smallest absolute Gasteiger partial charge is 0.0783 e. The maximum Gasteiger partial charge on any atom is 0.0783 e. The SMILES string of the molecule is Cc1cc(C(NN)C2CCOC3(CCSC3)C2)sc1C. The van der Waals surface area contributed by atoms with Crippen molar-refractivity contribution in [2.75, 3.05) is 18.1 Å². The normalized spacial score (nSPS) is 31.9. The Hall–Kier alpha value is -0.0700. The van der Waals surface area contributed by atoms with Gasteiger partial charge in [0.15, 0.2) is 0 Å². The van der Waals surface area contributed by atoms with Gasteiger partial charge in [-0.05, 0) is 56.4 Å². The van der Waals surface area contributed by atoms with E-state index in [1.165, 1.54) is 27.5 Å². The molecule has 20 heavy (non-hydrogen) atoms. The van der Waals surface area contributed by atoms with Gasteiger partial charge in [0.2, 0.25) is 0 Å².